The van der Waals surface area contributed by atoms with Gasteiger partial charge in [-0.25, -0.2) is 13.2 Å². The zero-order valence-corrected chi connectivity index (χ0v) is 16.4. The molecule has 0 spiro atoms. The van der Waals surface area contributed by atoms with E-state index in [1.165, 1.54) is 17.0 Å². The van der Waals surface area contributed by atoms with Crippen molar-refractivity contribution in [2.75, 3.05) is 13.6 Å². The van der Waals surface area contributed by atoms with Crippen molar-refractivity contribution >= 4 is 27.6 Å². The van der Waals surface area contributed by atoms with Crippen LogP contribution in [-0.4, -0.2) is 34.4 Å². The lowest BCUT2D eigenvalue weighted by molar-refractivity contribution is 0.0718. The summed E-state index contributed by atoms with van der Waals surface area (Å²) in [4.78, 5) is 32.7. The SMILES string of the molecule is CN(C(=O)c1cc2cc(F)ccc2[nH]1)[C@@H]1CNCc2[nH]c(=O)c3cc(F)c(F)cc3c21. The Morgan fingerprint density at radius 2 is 1.77 bits per heavy atom. The topological polar surface area (TPSA) is 81.0 Å². The molecule has 1 aliphatic heterocycles. The molecule has 9 heteroatoms. The average molecular weight is 426 g/mol. The van der Waals surface area contributed by atoms with Crippen molar-refractivity contribution < 1.29 is 18.0 Å². The highest BCUT2D eigenvalue weighted by molar-refractivity contribution is 5.98. The number of H-pyrrole nitrogens is 2. The molecule has 6 nitrogen and oxygen atoms in total. The zero-order valence-electron chi connectivity index (χ0n) is 16.4. The van der Waals surface area contributed by atoms with Gasteiger partial charge in [0.2, 0.25) is 0 Å². The number of halogens is 3. The van der Waals surface area contributed by atoms with Crippen molar-refractivity contribution in [2.24, 2.45) is 0 Å². The van der Waals surface area contributed by atoms with E-state index in [9.17, 15) is 22.8 Å². The number of carbonyl (C=O) groups is 1. The number of likely N-dealkylation sites (N-methyl/N-ethyl adjacent to an activating group) is 1. The summed E-state index contributed by atoms with van der Waals surface area (Å²) in [5.74, 6) is -2.95. The number of benzene rings is 2. The third-order valence-electron chi connectivity index (χ3n) is 5.76. The number of hydrogen-bond donors (Lipinski definition) is 3. The number of pyridine rings is 1. The average Bonchev–Trinajstić information content (AvgIpc) is 3.17. The van der Waals surface area contributed by atoms with Crippen LogP contribution >= 0.6 is 0 Å². The van der Waals surface area contributed by atoms with Crippen LogP contribution in [0.25, 0.3) is 21.7 Å². The van der Waals surface area contributed by atoms with Gasteiger partial charge >= 0.3 is 0 Å². The van der Waals surface area contributed by atoms with E-state index in [2.05, 4.69) is 15.3 Å². The van der Waals surface area contributed by atoms with Gasteiger partial charge in [0.25, 0.3) is 11.5 Å². The standard InChI is InChI=1S/C22H17F3N4O2/c1-29(22(31)17-5-10-4-11(23)2-3-16(10)27-17)19-9-26-8-18-20(19)12-6-14(24)15(25)7-13(12)21(30)28-18/h2-7,19,26-27H,8-9H2,1H3,(H,28,30)/t19-/m1/s1. The fraction of sp³-hybridized carbons (Fsp3) is 0.182. The van der Waals surface area contributed by atoms with E-state index in [4.69, 9.17) is 0 Å². The summed E-state index contributed by atoms with van der Waals surface area (Å²) in [6, 6.07) is 7.06. The van der Waals surface area contributed by atoms with Crippen LogP contribution in [-0.2, 0) is 6.54 Å². The first-order valence-electron chi connectivity index (χ1n) is 9.63. The van der Waals surface area contributed by atoms with Crippen molar-refractivity contribution in [3.63, 3.8) is 0 Å². The van der Waals surface area contributed by atoms with E-state index in [-0.39, 0.29) is 22.4 Å². The van der Waals surface area contributed by atoms with Crippen molar-refractivity contribution in [1.82, 2.24) is 20.2 Å². The van der Waals surface area contributed by atoms with Crippen LogP contribution in [0.3, 0.4) is 0 Å². The molecular weight excluding hydrogens is 409 g/mol. The molecule has 0 fully saturated rings. The number of amides is 1. The van der Waals surface area contributed by atoms with Gasteiger partial charge in [-0.15, -0.1) is 0 Å². The molecule has 158 valence electrons. The Morgan fingerprint density at radius 3 is 2.55 bits per heavy atom. The minimum absolute atomic E-state index is 0.0199. The van der Waals surface area contributed by atoms with E-state index in [0.717, 1.165) is 12.1 Å². The normalized spacial score (nSPS) is 15.9. The van der Waals surface area contributed by atoms with E-state index < -0.39 is 29.1 Å². The van der Waals surface area contributed by atoms with Crippen LogP contribution in [0.5, 0.6) is 0 Å². The highest BCUT2D eigenvalue weighted by Crippen LogP contribution is 2.33. The van der Waals surface area contributed by atoms with E-state index in [1.807, 2.05) is 0 Å². The molecule has 0 radical (unpaired) electrons. The fourth-order valence-electron chi connectivity index (χ4n) is 4.23. The van der Waals surface area contributed by atoms with Crippen LogP contribution in [0.1, 0.15) is 27.8 Å². The molecule has 0 saturated carbocycles. The lowest BCUT2D eigenvalue weighted by Gasteiger charge is -2.34. The van der Waals surface area contributed by atoms with E-state index in [0.29, 0.717) is 35.2 Å². The Bertz CT molecular complexity index is 1430. The molecule has 0 aliphatic carbocycles. The molecule has 1 atom stereocenters. The molecule has 5 rings (SSSR count). The van der Waals surface area contributed by atoms with Crippen LogP contribution in [0.4, 0.5) is 13.2 Å². The maximum Gasteiger partial charge on any atom is 0.270 e. The molecule has 1 aliphatic rings. The lowest BCUT2D eigenvalue weighted by atomic mass is 9.93. The Labute approximate surface area is 173 Å². The zero-order chi connectivity index (χ0) is 21.9. The van der Waals surface area contributed by atoms with Gasteiger partial charge in [-0.3, -0.25) is 9.59 Å². The molecule has 4 aromatic rings. The first-order chi connectivity index (χ1) is 14.8. The molecule has 3 heterocycles. The maximum absolute atomic E-state index is 14.0. The molecule has 0 saturated heterocycles. The van der Waals surface area contributed by atoms with Gasteiger partial charge in [-0.2, -0.15) is 0 Å². The van der Waals surface area contributed by atoms with Crippen LogP contribution < -0.4 is 10.9 Å². The Kier molecular flexibility index (Phi) is 4.37. The van der Waals surface area contributed by atoms with Crippen molar-refractivity contribution in [1.29, 1.82) is 0 Å². The number of aromatic nitrogens is 2. The largest absolute Gasteiger partial charge is 0.351 e. The Morgan fingerprint density at radius 1 is 1.03 bits per heavy atom. The summed E-state index contributed by atoms with van der Waals surface area (Å²) >= 11 is 0. The predicted octanol–water partition coefficient (Wildman–Crippen LogP) is 3.34. The molecule has 2 aromatic carbocycles. The minimum atomic E-state index is -1.11. The van der Waals surface area contributed by atoms with Crippen molar-refractivity contribution in [2.45, 2.75) is 12.6 Å². The lowest BCUT2D eigenvalue weighted by Crippen LogP contribution is -2.42. The fourth-order valence-corrected chi connectivity index (χ4v) is 4.23. The number of rotatable bonds is 2. The smallest absolute Gasteiger partial charge is 0.270 e. The molecule has 0 unspecified atom stereocenters. The minimum Gasteiger partial charge on any atom is -0.351 e. The number of fused-ring (bicyclic) bond motifs is 4. The van der Waals surface area contributed by atoms with Crippen LogP contribution in [0.2, 0.25) is 0 Å². The second-order valence-electron chi connectivity index (χ2n) is 7.64. The van der Waals surface area contributed by atoms with Gasteiger partial charge in [-0.1, -0.05) is 0 Å². The summed E-state index contributed by atoms with van der Waals surface area (Å²) in [6.07, 6.45) is 0. The van der Waals surface area contributed by atoms with Crippen LogP contribution in [0.15, 0.2) is 41.2 Å². The number of carbonyl (C=O) groups excluding carboxylic acids is 1. The molecule has 31 heavy (non-hydrogen) atoms. The Hall–Kier alpha value is -3.59. The molecule has 1 amide bonds. The van der Waals surface area contributed by atoms with Gasteiger partial charge in [0.15, 0.2) is 11.6 Å². The van der Waals surface area contributed by atoms with Crippen molar-refractivity contribution in [3.8, 4) is 0 Å². The van der Waals surface area contributed by atoms with Crippen molar-refractivity contribution in [3.05, 3.63) is 81.2 Å². The number of nitrogens with zero attached hydrogens (tertiary/aromatic N) is 1. The first kappa shape index (κ1) is 19.4. The van der Waals surface area contributed by atoms with Gasteiger partial charge < -0.3 is 20.2 Å². The van der Waals surface area contributed by atoms with Gasteiger partial charge in [0, 0.05) is 42.3 Å². The highest BCUT2D eigenvalue weighted by Gasteiger charge is 2.31. The maximum atomic E-state index is 14.0. The molecule has 2 aromatic heterocycles. The molecular formula is C22H17F3N4O2. The van der Waals surface area contributed by atoms with Gasteiger partial charge in [0.05, 0.1) is 11.4 Å². The quantitative estimate of drug-likeness (QED) is 0.460. The highest BCUT2D eigenvalue weighted by atomic mass is 19.2. The van der Waals surface area contributed by atoms with Gasteiger partial charge in [0.1, 0.15) is 11.5 Å². The third kappa shape index (κ3) is 3.09. The summed E-state index contributed by atoms with van der Waals surface area (Å²) in [5, 5.41) is 3.99. The monoisotopic (exact) mass is 426 g/mol. The predicted molar refractivity (Wildman–Crippen MR) is 109 cm³/mol. The number of nitrogens with one attached hydrogen (secondary N) is 3. The van der Waals surface area contributed by atoms with E-state index in [1.54, 1.807) is 19.2 Å². The second kappa shape index (κ2) is 6.98. The summed E-state index contributed by atoms with van der Waals surface area (Å²) in [6.45, 7) is 0.675. The van der Waals surface area contributed by atoms with Crippen LogP contribution in [0, 0.1) is 17.5 Å². The number of aromatic amines is 2. The van der Waals surface area contributed by atoms with E-state index >= 15 is 0 Å². The summed E-state index contributed by atoms with van der Waals surface area (Å²) in [5.41, 5.74) is 1.43. The first-order valence-corrected chi connectivity index (χ1v) is 9.63. The Balaban J connectivity index is 1.61. The second-order valence-corrected chi connectivity index (χ2v) is 7.64. The third-order valence-corrected chi connectivity index (χ3v) is 5.76. The molecule has 3 N–H and O–H groups in total. The molecule has 0 bridgehead atoms. The number of hydrogen-bond acceptors (Lipinski definition) is 3. The summed E-state index contributed by atoms with van der Waals surface area (Å²) < 4.78 is 41.3. The van der Waals surface area contributed by atoms with Gasteiger partial charge in [-0.05, 0) is 41.8 Å². The summed E-state index contributed by atoms with van der Waals surface area (Å²) in [7, 11) is 1.59.